The zero-order valence-corrected chi connectivity index (χ0v) is 13.7. The van der Waals surface area contributed by atoms with Gasteiger partial charge in [-0.3, -0.25) is 9.59 Å². The van der Waals surface area contributed by atoms with Crippen molar-refractivity contribution in [1.82, 2.24) is 0 Å². The molecule has 1 amide bonds. The molecule has 1 N–H and O–H groups in total. The first kappa shape index (κ1) is 16.0. The highest BCUT2D eigenvalue weighted by Crippen LogP contribution is 2.34. The predicted octanol–water partition coefficient (Wildman–Crippen LogP) is 3.40. The van der Waals surface area contributed by atoms with Gasteiger partial charge in [0.05, 0.1) is 5.56 Å². The fraction of sp³-hybridized carbons (Fsp3) is 0.100. The smallest absolute Gasteiger partial charge is 0.262 e. The largest absolute Gasteiger partial charge is 0.483 e. The summed E-state index contributed by atoms with van der Waals surface area (Å²) >= 11 is 0. The van der Waals surface area contributed by atoms with Crippen molar-refractivity contribution >= 4 is 28.7 Å². The quantitative estimate of drug-likeness (QED) is 0.715. The molecule has 6 nitrogen and oxygen atoms in total. The molecule has 4 rings (SSSR count). The van der Waals surface area contributed by atoms with Gasteiger partial charge >= 0.3 is 0 Å². The second kappa shape index (κ2) is 6.76. The Morgan fingerprint density at radius 1 is 1.08 bits per heavy atom. The lowest BCUT2D eigenvalue weighted by atomic mass is 10.0. The van der Waals surface area contributed by atoms with Crippen molar-refractivity contribution in [2.75, 3.05) is 18.7 Å². The van der Waals surface area contributed by atoms with Crippen LogP contribution in [0, 0.1) is 0 Å². The van der Waals surface area contributed by atoms with Crippen LogP contribution in [0.2, 0.25) is 0 Å². The van der Waals surface area contributed by atoms with Gasteiger partial charge in [-0.1, -0.05) is 30.3 Å². The van der Waals surface area contributed by atoms with E-state index < -0.39 is 0 Å². The number of hydrogen-bond acceptors (Lipinski definition) is 5. The maximum absolute atomic E-state index is 12.2. The number of nitrogens with one attached hydrogen (secondary N) is 1. The van der Waals surface area contributed by atoms with Gasteiger partial charge in [0, 0.05) is 11.8 Å². The molecular weight excluding hydrogens is 334 g/mol. The zero-order chi connectivity index (χ0) is 17.9. The van der Waals surface area contributed by atoms with Gasteiger partial charge in [0.25, 0.3) is 5.91 Å². The van der Waals surface area contributed by atoms with Crippen LogP contribution in [0.4, 0.5) is 5.69 Å². The molecule has 130 valence electrons. The van der Waals surface area contributed by atoms with E-state index in [4.69, 9.17) is 14.2 Å². The third-order valence-corrected chi connectivity index (χ3v) is 4.06. The van der Waals surface area contributed by atoms with Gasteiger partial charge in [0.15, 0.2) is 24.4 Å². The van der Waals surface area contributed by atoms with Gasteiger partial charge in [-0.25, -0.2) is 0 Å². The van der Waals surface area contributed by atoms with E-state index in [9.17, 15) is 9.59 Å². The molecule has 1 aliphatic rings. The third kappa shape index (κ3) is 3.04. The van der Waals surface area contributed by atoms with Gasteiger partial charge in [-0.05, 0) is 29.0 Å². The number of carbonyl (C=O) groups is 2. The van der Waals surface area contributed by atoms with Crippen LogP contribution in [0.3, 0.4) is 0 Å². The summed E-state index contributed by atoms with van der Waals surface area (Å²) in [6.45, 7) is -0.0418. The second-order valence-electron chi connectivity index (χ2n) is 5.72. The molecule has 0 saturated carbocycles. The monoisotopic (exact) mass is 349 g/mol. The average molecular weight is 349 g/mol. The number of hydrogen-bond donors (Lipinski definition) is 1. The fourth-order valence-corrected chi connectivity index (χ4v) is 2.84. The Kier molecular flexibility index (Phi) is 4.15. The first-order chi connectivity index (χ1) is 12.7. The van der Waals surface area contributed by atoms with E-state index in [1.54, 1.807) is 24.3 Å². The maximum Gasteiger partial charge on any atom is 0.262 e. The van der Waals surface area contributed by atoms with Crippen molar-refractivity contribution in [2.24, 2.45) is 0 Å². The summed E-state index contributed by atoms with van der Waals surface area (Å²) in [5, 5.41) is 4.45. The lowest BCUT2D eigenvalue weighted by Crippen LogP contribution is -2.20. The van der Waals surface area contributed by atoms with Gasteiger partial charge < -0.3 is 19.5 Å². The summed E-state index contributed by atoms with van der Waals surface area (Å²) in [6.07, 6.45) is 0.743. The predicted molar refractivity (Wildman–Crippen MR) is 96.0 cm³/mol. The number of benzene rings is 3. The molecule has 0 atom stereocenters. The van der Waals surface area contributed by atoms with E-state index in [0.717, 1.165) is 17.1 Å². The van der Waals surface area contributed by atoms with Gasteiger partial charge in [-0.15, -0.1) is 0 Å². The number of ether oxygens (including phenoxy) is 3. The summed E-state index contributed by atoms with van der Waals surface area (Å²) in [7, 11) is 0. The van der Waals surface area contributed by atoms with Crippen molar-refractivity contribution in [3.05, 3.63) is 60.2 Å². The minimum atomic E-state index is -0.339. The van der Waals surface area contributed by atoms with Crippen molar-refractivity contribution in [3.63, 3.8) is 0 Å². The third-order valence-electron chi connectivity index (χ3n) is 4.06. The van der Waals surface area contributed by atoms with Crippen LogP contribution in [-0.4, -0.2) is 25.6 Å². The normalized spacial score (nSPS) is 12.0. The van der Waals surface area contributed by atoms with Crippen LogP contribution in [0.5, 0.6) is 17.2 Å². The molecule has 0 spiro atoms. The molecule has 3 aromatic carbocycles. The Bertz CT molecular complexity index is 999. The topological polar surface area (TPSA) is 73.9 Å². The molecule has 6 heteroatoms. The van der Waals surface area contributed by atoms with Crippen LogP contribution in [0.15, 0.2) is 54.6 Å². The molecule has 0 bridgehead atoms. The molecule has 0 radical (unpaired) electrons. The van der Waals surface area contributed by atoms with Gasteiger partial charge in [0.2, 0.25) is 6.79 Å². The number of fused-ring (bicyclic) bond motifs is 2. The van der Waals surface area contributed by atoms with Gasteiger partial charge in [0.1, 0.15) is 5.75 Å². The first-order valence-corrected chi connectivity index (χ1v) is 8.04. The van der Waals surface area contributed by atoms with Crippen molar-refractivity contribution in [1.29, 1.82) is 0 Å². The number of rotatable bonds is 5. The van der Waals surface area contributed by atoms with Crippen LogP contribution in [0.1, 0.15) is 10.4 Å². The van der Waals surface area contributed by atoms with E-state index in [-0.39, 0.29) is 19.3 Å². The lowest BCUT2D eigenvalue weighted by molar-refractivity contribution is -0.118. The number of aldehydes is 1. The summed E-state index contributed by atoms with van der Waals surface area (Å²) in [4.78, 5) is 23.6. The van der Waals surface area contributed by atoms with E-state index in [1.165, 1.54) is 0 Å². The Labute approximate surface area is 149 Å². The second-order valence-corrected chi connectivity index (χ2v) is 5.72. The Morgan fingerprint density at radius 3 is 2.81 bits per heavy atom. The molecule has 0 aromatic heterocycles. The molecule has 0 saturated heterocycles. The summed E-state index contributed by atoms with van der Waals surface area (Å²) in [5.41, 5.74) is 1.01. The Morgan fingerprint density at radius 2 is 1.92 bits per heavy atom. The molecular formula is C20H15NO5. The number of anilines is 1. The molecule has 0 aliphatic carbocycles. The highest BCUT2D eigenvalue weighted by atomic mass is 16.7. The SMILES string of the molecule is O=Cc1c(OCC(=O)Nc2ccc3c(c2)OCO3)ccc2ccccc12. The Balaban J connectivity index is 1.46. The van der Waals surface area contributed by atoms with E-state index in [2.05, 4.69) is 5.32 Å². The van der Waals surface area contributed by atoms with E-state index in [1.807, 2.05) is 30.3 Å². The Hall–Kier alpha value is -3.54. The van der Waals surface area contributed by atoms with E-state index >= 15 is 0 Å². The van der Waals surface area contributed by atoms with Crippen molar-refractivity contribution in [3.8, 4) is 17.2 Å². The van der Waals surface area contributed by atoms with Crippen LogP contribution >= 0.6 is 0 Å². The van der Waals surface area contributed by atoms with E-state index in [0.29, 0.717) is 28.5 Å². The molecule has 0 fully saturated rings. The fourth-order valence-electron chi connectivity index (χ4n) is 2.84. The minimum absolute atomic E-state index is 0.173. The standard InChI is InChI=1S/C20H15NO5/c22-10-16-15-4-2-1-3-13(15)5-7-17(16)24-11-20(23)21-14-6-8-18-19(9-14)26-12-25-18/h1-10H,11-12H2,(H,21,23). The van der Waals surface area contributed by atoms with Gasteiger partial charge in [-0.2, -0.15) is 0 Å². The van der Waals surface area contributed by atoms with Crippen LogP contribution in [-0.2, 0) is 4.79 Å². The number of carbonyl (C=O) groups excluding carboxylic acids is 2. The molecule has 1 heterocycles. The van der Waals surface area contributed by atoms with Crippen molar-refractivity contribution < 1.29 is 23.8 Å². The highest BCUT2D eigenvalue weighted by molar-refractivity contribution is 6.01. The summed E-state index contributed by atoms with van der Waals surface area (Å²) in [6, 6.07) is 16.2. The summed E-state index contributed by atoms with van der Waals surface area (Å²) < 4.78 is 16.1. The maximum atomic E-state index is 12.2. The molecule has 26 heavy (non-hydrogen) atoms. The highest BCUT2D eigenvalue weighted by Gasteiger charge is 2.15. The summed E-state index contributed by atoms with van der Waals surface area (Å²) in [5.74, 6) is 1.26. The average Bonchev–Trinajstić information content (AvgIpc) is 3.13. The minimum Gasteiger partial charge on any atom is -0.483 e. The molecule has 3 aromatic rings. The number of amides is 1. The van der Waals surface area contributed by atoms with Crippen molar-refractivity contribution in [2.45, 2.75) is 0 Å². The lowest BCUT2D eigenvalue weighted by Gasteiger charge is -2.11. The first-order valence-electron chi connectivity index (χ1n) is 8.04. The van der Waals surface area contributed by atoms with Crippen LogP contribution in [0.25, 0.3) is 10.8 Å². The zero-order valence-electron chi connectivity index (χ0n) is 13.7. The molecule has 0 unspecified atom stereocenters. The van der Waals surface area contributed by atoms with Crippen LogP contribution < -0.4 is 19.5 Å². The molecule has 1 aliphatic heterocycles.